The summed E-state index contributed by atoms with van der Waals surface area (Å²) in [5, 5.41) is 0. The van der Waals surface area contributed by atoms with E-state index in [1.807, 2.05) is 6.20 Å². The maximum atomic E-state index is 5.78. The normalized spacial score (nSPS) is 14.8. The molecule has 2 heteroatoms. The summed E-state index contributed by atoms with van der Waals surface area (Å²) in [7, 11) is 0. The summed E-state index contributed by atoms with van der Waals surface area (Å²) in [5.74, 6) is 1.13. The zero-order valence-electron chi connectivity index (χ0n) is 10.8. The molecular formula is C14H21NO. The maximum absolute atomic E-state index is 5.78. The fourth-order valence-corrected chi connectivity index (χ4v) is 2.31. The van der Waals surface area contributed by atoms with Gasteiger partial charge in [0.25, 0.3) is 0 Å². The Labute approximate surface area is 98.0 Å². The highest BCUT2D eigenvalue weighted by atomic mass is 16.5. The summed E-state index contributed by atoms with van der Waals surface area (Å²) in [4.78, 5) is 4.57. The lowest BCUT2D eigenvalue weighted by Gasteiger charge is -2.20. The van der Waals surface area contributed by atoms with Gasteiger partial charge in [0.05, 0.1) is 6.61 Å². The van der Waals surface area contributed by atoms with Crippen LogP contribution in [0.3, 0.4) is 0 Å². The molecule has 0 N–H and O–H groups in total. The van der Waals surface area contributed by atoms with E-state index in [1.54, 1.807) is 0 Å². The lowest BCUT2D eigenvalue weighted by Crippen LogP contribution is -2.11. The van der Waals surface area contributed by atoms with Crippen LogP contribution in [0.1, 0.15) is 44.5 Å². The van der Waals surface area contributed by atoms with Gasteiger partial charge in [-0.2, -0.15) is 0 Å². The third-order valence-electron chi connectivity index (χ3n) is 2.94. The number of fused-ring (bicyclic) bond motifs is 1. The molecule has 1 aliphatic rings. The monoisotopic (exact) mass is 219 g/mol. The van der Waals surface area contributed by atoms with Gasteiger partial charge in [-0.15, -0.1) is 0 Å². The molecule has 0 saturated heterocycles. The molecule has 1 aromatic heterocycles. The van der Waals surface area contributed by atoms with Gasteiger partial charge in [-0.3, -0.25) is 4.98 Å². The Morgan fingerprint density at radius 2 is 2.12 bits per heavy atom. The molecule has 0 atom stereocenters. The van der Waals surface area contributed by atoms with E-state index in [0.717, 1.165) is 31.6 Å². The highest BCUT2D eigenvalue weighted by Crippen LogP contribution is 2.34. The average molecular weight is 219 g/mol. The molecule has 2 rings (SSSR count). The molecule has 2 heterocycles. The van der Waals surface area contributed by atoms with Crippen molar-refractivity contribution in [1.29, 1.82) is 0 Å². The van der Waals surface area contributed by atoms with Crippen LogP contribution in [0.5, 0.6) is 5.75 Å². The minimum absolute atomic E-state index is 0.287. The van der Waals surface area contributed by atoms with Crippen molar-refractivity contribution < 1.29 is 4.74 Å². The molecule has 16 heavy (non-hydrogen) atoms. The lowest BCUT2D eigenvalue weighted by atomic mass is 9.87. The third kappa shape index (κ3) is 2.21. The second-order valence-electron chi connectivity index (χ2n) is 5.73. The Balaban J connectivity index is 2.38. The van der Waals surface area contributed by atoms with Crippen molar-refractivity contribution in [3.8, 4) is 5.75 Å². The van der Waals surface area contributed by atoms with Crippen LogP contribution in [0.4, 0.5) is 0 Å². The zero-order valence-corrected chi connectivity index (χ0v) is 10.8. The molecule has 0 aromatic carbocycles. The van der Waals surface area contributed by atoms with E-state index in [2.05, 4.69) is 32.7 Å². The smallest absolute Gasteiger partial charge is 0.129 e. The van der Waals surface area contributed by atoms with Gasteiger partial charge < -0.3 is 4.74 Å². The molecule has 1 aliphatic heterocycles. The third-order valence-corrected chi connectivity index (χ3v) is 2.94. The van der Waals surface area contributed by atoms with Gasteiger partial charge in [-0.25, -0.2) is 0 Å². The number of ether oxygens (including phenoxy) is 1. The Morgan fingerprint density at radius 3 is 2.75 bits per heavy atom. The minimum Gasteiger partial charge on any atom is -0.493 e. The molecule has 0 radical (unpaired) electrons. The van der Waals surface area contributed by atoms with Gasteiger partial charge in [-0.05, 0) is 18.3 Å². The van der Waals surface area contributed by atoms with Gasteiger partial charge in [0.1, 0.15) is 5.75 Å². The number of hydrogen-bond acceptors (Lipinski definition) is 2. The van der Waals surface area contributed by atoms with Crippen LogP contribution in [0.2, 0.25) is 0 Å². The van der Waals surface area contributed by atoms with Gasteiger partial charge in [0.15, 0.2) is 0 Å². The topological polar surface area (TPSA) is 22.1 Å². The number of rotatable bonds is 2. The Bertz CT molecular complexity index is 390. The predicted molar refractivity (Wildman–Crippen MR) is 66.0 cm³/mol. The molecule has 0 fully saturated rings. The Morgan fingerprint density at radius 1 is 1.38 bits per heavy atom. The van der Waals surface area contributed by atoms with E-state index in [-0.39, 0.29) is 5.41 Å². The number of nitrogens with zero attached hydrogens (tertiary/aromatic N) is 1. The molecule has 0 saturated carbocycles. The van der Waals surface area contributed by atoms with E-state index in [0.29, 0.717) is 0 Å². The fourth-order valence-electron chi connectivity index (χ4n) is 2.31. The van der Waals surface area contributed by atoms with E-state index in [9.17, 15) is 0 Å². The molecule has 88 valence electrons. The number of pyridine rings is 1. The fraction of sp³-hybridized carbons (Fsp3) is 0.643. The van der Waals surface area contributed by atoms with Crippen LogP contribution < -0.4 is 4.74 Å². The summed E-state index contributed by atoms with van der Waals surface area (Å²) >= 11 is 0. The van der Waals surface area contributed by atoms with E-state index in [4.69, 9.17) is 4.74 Å². The van der Waals surface area contributed by atoms with Crippen molar-refractivity contribution in [3.05, 3.63) is 23.0 Å². The predicted octanol–water partition coefficient (Wildman–Crippen LogP) is 3.17. The summed E-state index contributed by atoms with van der Waals surface area (Å²) in [5.41, 5.74) is 4.13. The number of aryl methyl sites for hydroxylation is 1. The molecule has 0 amide bonds. The molecule has 1 aromatic rings. The van der Waals surface area contributed by atoms with E-state index < -0.39 is 0 Å². The highest BCUT2D eigenvalue weighted by Gasteiger charge is 2.23. The quantitative estimate of drug-likeness (QED) is 0.762. The van der Waals surface area contributed by atoms with E-state index in [1.165, 1.54) is 16.8 Å². The van der Waals surface area contributed by atoms with Crippen LogP contribution in [0.15, 0.2) is 6.20 Å². The van der Waals surface area contributed by atoms with Gasteiger partial charge >= 0.3 is 0 Å². The molecule has 2 nitrogen and oxygen atoms in total. The Kier molecular flexibility index (Phi) is 2.92. The van der Waals surface area contributed by atoms with Crippen LogP contribution in [-0.4, -0.2) is 11.6 Å². The first kappa shape index (κ1) is 11.4. The van der Waals surface area contributed by atoms with Gasteiger partial charge in [0.2, 0.25) is 0 Å². The second-order valence-corrected chi connectivity index (χ2v) is 5.73. The summed E-state index contributed by atoms with van der Waals surface area (Å²) in [6.45, 7) is 9.74. The first-order chi connectivity index (χ1) is 7.51. The first-order valence-corrected chi connectivity index (χ1v) is 6.13. The zero-order chi connectivity index (χ0) is 11.8. The average Bonchev–Trinajstić information content (AvgIpc) is 2.65. The summed E-state index contributed by atoms with van der Waals surface area (Å²) < 4.78 is 5.78. The van der Waals surface area contributed by atoms with Crippen molar-refractivity contribution in [1.82, 2.24) is 4.98 Å². The SMILES string of the molecule is CCc1ncc(CC(C)(C)C)c2c1CCO2. The highest BCUT2D eigenvalue weighted by molar-refractivity contribution is 5.45. The minimum atomic E-state index is 0.287. The van der Waals surface area contributed by atoms with Crippen molar-refractivity contribution in [2.75, 3.05) is 6.61 Å². The maximum Gasteiger partial charge on any atom is 0.129 e. The number of aromatic nitrogens is 1. The van der Waals surface area contributed by atoms with Crippen molar-refractivity contribution in [3.63, 3.8) is 0 Å². The van der Waals surface area contributed by atoms with Crippen LogP contribution >= 0.6 is 0 Å². The molecule has 0 aliphatic carbocycles. The van der Waals surface area contributed by atoms with Crippen LogP contribution in [-0.2, 0) is 19.3 Å². The lowest BCUT2D eigenvalue weighted by molar-refractivity contribution is 0.343. The van der Waals surface area contributed by atoms with Gasteiger partial charge in [0, 0.05) is 29.4 Å². The largest absolute Gasteiger partial charge is 0.493 e. The summed E-state index contributed by atoms with van der Waals surface area (Å²) in [6.07, 6.45) is 5.07. The van der Waals surface area contributed by atoms with Crippen molar-refractivity contribution in [2.45, 2.75) is 47.0 Å². The first-order valence-electron chi connectivity index (χ1n) is 6.13. The second kappa shape index (κ2) is 4.08. The van der Waals surface area contributed by atoms with Crippen LogP contribution in [0, 0.1) is 5.41 Å². The molecule has 0 spiro atoms. The van der Waals surface area contributed by atoms with E-state index >= 15 is 0 Å². The van der Waals surface area contributed by atoms with Gasteiger partial charge in [-0.1, -0.05) is 27.7 Å². The Hall–Kier alpha value is -1.05. The summed E-state index contributed by atoms with van der Waals surface area (Å²) in [6, 6.07) is 0. The molecule has 0 bridgehead atoms. The number of hydrogen-bond donors (Lipinski definition) is 0. The van der Waals surface area contributed by atoms with Crippen LogP contribution in [0.25, 0.3) is 0 Å². The van der Waals surface area contributed by atoms with Crippen molar-refractivity contribution >= 4 is 0 Å². The standard InChI is InChI=1S/C14H21NO/c1-5-12-11-6-7-16-13(11)10(9-15-12)8-14(2,3)4/h9H,5-8H2,1-4H3. The molecule has 0 unspecified atom stereocenters. The molecular weight excluding hydrogens is 198 g/mol. The van der Waals surface area contributed by atoms with Crippen molar-refractivity contribution in [2.24, 2.45) is 5.41 Å².